The van der Waals surface area contributed by atoms with Gasteiger partial charge in [0.05, 0.1) is 11.8 Å². The number of carboxylic acid groups (broad SMARTS) is 1. The third kappa shape index (κ3) is 4.19. The SMILES string of the molecule is CCN(CCC(=O)NO)C(=O)C1CCCCC1C(=O)O. The van der Waals surface area contributed by atoms with E-state index in [4.69, 9.17) is 5.21 Å². The molecule has 0 bridgehead atoms. The molecule has 7 nitrogen and oxygen atoms in total. The molecule has 3 N–H and O–H groups in total. The fraction of sp³-hybridized carbons (Fsp3) is 0.769. The van der Waals surface area contributed by atoms with E-state index in [1.165, 1.54) is 10.4 Å². The summed E-state index contributed by atoms with van der Waals surface area (Å²) in [5.74, 6) is -2.82. The Bertz CT molecular complexity index is 372. The molecule has 0 heterocycles. The first-order valence-corrected chi connectivity index (χ1v) is 6.95. The van der Waals surface area contributed by atoms with Crippen LogP contribution in [-0.2, 0) is 14.4 Å². The predicted molar refractivity (Wildman–Crippen MR) is 69.9 cm³/mol. The maximum absolute atomic E-state index is 12.4. The number of rotatable bonds is 6. The topological polar surface area (TPSA) is 107 Å². The van der Waals surface area contributed by atoms with Crippen LogP contribution in [0.5, 0.6) is 0 Å². The second-order valence-corrected chi connectivity index (χ2v) is 5.04. The lowest BCUT2D eigenvalue weighted by Crippen LogP contribution is -2.43. The van der Waals surface area contributed by atoms with E-state index in [9.17, 15) is 19.5 Å². The molecule has 2 amide bonds. The van der Waals surface area contributed by atoms with Gasteiger partial charge in [-0.1, -0.05) is 12.8 Å². The van der Waals surface area contributed by atoms with Gasteiger partial charge >= 0.3 is 5.97 Å². The lowest BCUT2D eigenvalue weighted by molar-refractivity contribution is -0.152. The normalized spacial score (nSPS) is 22.1. The van der Waals surface area contributed by atoms with Gasteiger partial charge in [0.25, 0.3) is 0 Å². The van der Waals surface area contributed by atoms with Gasteiger partial charge in [-0.05, 0) is 19.8 Å². The number of nitrogens with one attached hydrogen (secondary N) is 1. The summed E-state index contributed by atoms with van der Waals surface area (Å²) >= 11 is 0. The first kappa shape index (κ1) is 16.4. The summed E-state index contributed by atoms with van der Waals surface area (Å²) in [5, 5.41) is 17.6. The monoisotopic (exact) mass is 286 g/mol. The molecule has 1 aliphatic rings. The van der Waals surface area contributed by atoms with E-state index in [-0.39, 0.29) is 18.9 Å². The molecule has 2 unspecified atom stereocenters. The summed E-state index contributed by atoms with van der Waals surface area (Å²) < 4.78 is 0. The van der Waals surface area contributed by atoms with Crippen molar-refractivity contribution in [1.29, 1.82) is 0 Å². The molecule has 1 rings (SSSR count). The van der Waals surface area contributed by atoms with Gasteiger partial charge in [0.2, 0.25) is 11.8 Å². The Labute approximate surface area is 117 Å². The summed E-state index contributed by atoms with van der Waals surface area (Å²) in [6.45, 7) is 2.39. The number of carboxylic acids is 1. The van der Waals surface area contributed by atoms with Crippen LogP contribution in [0.4, 0.5) is 0 Å². The summed E-state index contributed by atoms with van der Waals surface area (Å²) in [4.78, 5) is 36.1. The van der Waals surface area contributed by atoms with E-state index < -0.39 is 23.7 Å². The van der Waals surface area contributed by atoms with Crippen molar-refractivity contribution in [3.8, 4) is 0 Å². The highest BCUT2D eigenvalue weighted by Gasteiger charge is 2.37. The van der Waals surface area contributed by atoms with E-state index in [1.807, 2.05) is 0 Å². The number of carbonyl (C=O) groups is 3. The van der Waals surface area contributed by atoms with Gasteiger partial charge in [-0.3, -0.25) is 19.6 Å². The average molecular weight is 286 g/mol. The van der Waals surface area contributed by atoms with E-state index >= 15 is 0 Å². The van der Waals surface area contributed by atoms with Crippen LogP contribution in [0.25, 0.3) is 0 Å². The third-order valence-electron chi connectivity index (χ3n) is 3.83. The quantitative estimate of drug-likeness (QED) is 0.490. The Hall–Kier alpha value is -1.63. The molecule has 2 atom stereocenters. The highest BCUT2D eigenvalue weighted by atomic mass is 16.5. The molecule has 1 saturated carbocycles. The average Bonchev–Trinajstić information content (AvgIpc) is 2.47. The van der Waals surface area contributed by atoms with E-state index in [2.05, 4.69) is 0 Å². The molecule has 0 aliphatic heterocycles. The summed E-state index contributed by atoms with van der Waals surface area (Å²) in [5.41, 5.74) is 1.52. The predicted octanol–water partition coefficient (Wildman–Crippen LogP) is 0.621. The fourth-order valence-corrected chi connectivity index (χ4v) is 2.67. The molecule has 114 valence electrons. The minimum Gasteiger partial charge on any atom is -0.481 e. The Balaban J connectivity index is 2.68. The van der Waals surface area contributed by atoms with Crippen LogP contribution in [0, 0.1) is 11.8 Å². The largest absolute Gasteiger partial charge is 0.481 e. The van der Waals surface area contributed by atoms with Crippen molar-refractivity contribution < 1.29 is 24.7 Å². The van der Waals surface area contributed by atoms with Gasteiger partial charge in [0.1, 0.15) is 0 Å². The molecule has 1 fully saturated rings. The number of aliphatic carboxylic acids is 1. The van der Waals surface area contributed by atoms with Gasteiger partial charge < -0.3 is 10.0 Å². The Kier molecular flexibility index (Phi) is 6.44. The number of carbonyl (C=O) groups excluding carboxylic acids is 2. The van der Waals surface area contributed by atoms with Gasteiger partial charge in [-0.25, -0.2) is 5.48 Å². The van der Waals surface area contributed by atoms with Crippen molar-refractivity contribution in [3.63, 3.8) is 0 Å². The van der Waals surface area contributed by atoms with Crippen LogP contribution in [0.1, 0.15) is 39.0 Å². The van der Waals surface area contributed by atoms with Crippen molar-refractivity contribution in [2.24, 2.45) is 11.8 Å². The molecule has 0 spiro atoms. The van der Waals surface area contributed by atoms with Crippen molar-refractivity contribution in [1.82, 2.24) is 10.4 Å². The number of hydrogen-bond donors (Lipinski definition) is 3. The fourth-order valence-electron chi connectivity index (χ4n) is 2.67. The van der Waals surface area contributed by atoms with Gasteiger partial charge in [-0.2, -0.15) is 0 Å². The van der Waals surface area contributed by atoms with Crippen LogP contribution < -0.4 is 5.48 Å². The number of amides is 2. The van der Waals surface area contributed by atoms with E-state index in [0.717, 1.165) is 12.8 Å². The van der Waals surface area contributed by atoms with Gasteiger partial charge in [0, 0.05) is 19.5 Å². The zero-order valence-electron chi connectivity index (χ0n) is 11.7. The molecule has 7 heteroatoms. The third-order valence-corrected chi connectivity index (χ3v) is 3.83. The number of nitrogens with zero attached hydrogens (tertiary/aromatic N) is 1. The minimum absolute atomic E-state index is 0.000534. The summed E-state index contributed by atoms with van der Waals surface area (Å²) in [7, 11) is 0. The molecule has 0 aromatic rings. The van der Waals surface area contributed by atoms with Gasteiger partial charge in [0.15, 0.2) is 0 Å². The first-order chi connectivity index (χ1) is 9.51. The molecular formula is C13H22N2O5. The van der Waals surface area contributed by atoms with Crippen LogP contribution in [0.3, 0.4) is 0 Å². The minimum atomic E-state index is -0.924. The van der Waals surface area contributed by atoms with Crippen molar-refractivity contribution in [2.45, 2.75) is 39.0 Å². The molecule has 20 heavy (non-hydrogen) atoms. The molecule has 0 aromatic carbocycles. The lowest BCUT2D eigenvalue weighted by atomic mass is 9.78. The standard InChI is InChI=1S/C13H22N2O5/c1-2-15(8-7-11(16)14-20)12(17)9-5-3-4-6-10(9)13(18)19/h9-10,20H,2-8H2,1H3,(H,14,16)(H,18,19). The summed E-state index contributed by atoms with van der Waals surface area (Å²) in [6, 6.07) is 0. The first-order valence-electron chi connectivity index (χ1n) is 6.95. The van der Waals surface area contributed by atoms with Crippen LogP contribution in [0.15, 0.2) is 0 Å². The highest BCUT2D eigenvalue weighted by Crippen LogP contribution is 2.31. The Morgan fingerprint density at radius 3 is 2.30 bits per heavy atom. The smallest absolute Gasteiger partial charge is 0.307 e. The molecule has 0 radical (unpaired) electrons. The van der Waals surface area contributed by atoms with Crippen molar-refractivity contribution in [2.75, 3.05) is 13.1 Å². The number of hydrogen-bond acceptors (Lipinski definition) is 4. The second-order valence-electron chi connectivity index (χ2n) is 5.04. The summed E-state index contributed by atoms with van der Waals surface area (Å²) in [6.07, 6.45) is 2.80. The van der Waals surface area contributed by atoms with E-state index in [0.29, 0.717) is 19.4 Å². The Morgan fingerprint density at radius 2 is 1.80 bits per heavy atom. The number of hydroxylamine groups is 1. The van der Waals surface area contributed by atoms with Gasteiger partial charge in [-0.15, -0.1) is 0 Å². The molecule has 0 saturated heterocycles. The van der Waals surface area contributed by atoms with Crippen LogP contribution in [0.2, 0.25) is 0 Å². The van der Waals surface area contributed by atoms with E-state index in [1.54, 1.807) is 6.92 Å². The lowest BCUT2D eigenvalue weighted by Gasteiger charge is -2.32. The Morgan fingerprint density at radius 1 is 1.20 bits per heavy atom. The maximum Gasteiger partial charge on any atom is 0.307 e. The van der Waals surface area contributed by atoms with Crippen LogP contribution >= 0.6 is 0 Å². The molecular weight excluding hydrogens is 264 g/mol. The van der Waals surface area contributed by atoms with Crippen molar-refractivity contribution in [3.05, 3.63) is 0 Å². The molecule has 1 aliphatic carbocycles. The molecule has 0 aromatic heterocycles. The van der Waals surface area contributed by atoms with Crippen LogP contribution in [-0.4, -0.2) is 46.1 Å². The highest BCUT2D eigenvalue weighted by molar-refractivity contribution is 5.85. The van der Waals surface area contributed by atoms with Crippen molar-refractivity contribution >= 4 is 17.8 Å². The maximum atomic E-state index is 12.4. The second kappa shape index (κ2) is 7.84. The zero-order valence-corrected chi connectivity index (χ0v) is 11.7. The zero-order chi connectivity index (χ0) is 15.1.